The van der Waals surface area contributed by atoms with Crippen molar-refractivity contribution in [1.82, 2.24) is 0 Å². The van der Waals surface area contributed by atoms with Gasteiger partial charge in [-0.05, 0) is 49.2 Å². The molecule has 2 heteroatoms. The van der Waals surface area contributed by atoms with Gasteiger partial charge in [0, 0.05) is 12.8 Å². The Balaban J connectivity index is 1.92. The number of aryl methyl sites for hydroxylation is 1. The summed E-state index contributed by atoms with van der Waals surface area (Å²) in [5, 5.41) is 0. The molecule has 0 saturated carbocycles. The number of aliphatic imine (C=N–C) groups is 1. The first-order valence-electron chi connectivity index (χ1n) is 6.56. The molecule has 2 rings (SSSR count). The van der Waals surface area contributed by atoms with Crippen molar-refractivity contribution < 1.29 is 4.74 Å². The highest BCUT2D eigenvalue weighted by molar-refractivity contribution is 5.79. The number of rotatable bonds is 5. The lowest BCUT2D eigenvalue weighted by molar-refractivity contribution is 0.306. The van der Waals surface area contributed by atoms with E-state index in [1.165, 1.54) is 11.1 Å². The van der Waals surface area contributed by atoms with Crippen LogP contribution in [0.2, 0.25) is 0 Å². The molecule has 0 atom stereocenters. The van der Waals surface area contributed by atoms with Crippen LogP contribution in [0.15, 0.2) is 53.5 Å². The molecule has 0 radical (unpaired) electrons. The van der Waals surface area contributed by atoms with Crippen molar-refractivity contribution in [1.29, 1.82) is 0 Å². The highest BCUT2D eigenvalue weighted by atomic mass is 16.5. The van der Waals surface area contributed by atoms with Crippen LogP contribution in [0.5, 0.6) is 5.75 Å². The van der Waals surface area contributed by atoms with Crippen LogP contribution in [0.1, 0.15) is 23.6 Å². The standard InChI is InChI=1S/C17H19NO/c1-3-18-12-15-8-10-17(11-9-15)19-13-16-6-4-14(2)5-7-16/h4-12H,3,13H2,1-2H3. The van der Waals surface area contributed by atoms with Gasteiger partial charge >= 0.3 is 0 Å². The molecule has 0 aliphatic carbocycles. The van der Waals surface area contributed by atoms with E-state index in [9.17, 15) is 0 Å². The second-order valence-corrected chi connectivity index (χ2v) is 4.47. The first-order valence-corrected chi connectivity index (χ1v) is 6.56. The molecule has 0 aliphatic heterocycles. The van der Waals surface area contributed by atoms with E-state index in [0.717, 1.165) is 17.9 Å². The Kier molecular flexibility index (Phi) is 4.73. The second kappa shape index (κ2) is 6.74. The van der Waals surface area contributed by atoms with Crippen LogP contribution in [0.4, 0.5) is 0 Å². The van der Waals surface area contributed by atoms with Crippen molar-refractivity contribution >= 4 is 6.21 Å². The minimum Gasteiger partial charge on any atom is -0.489 e. The van der Waals surface area contributed by atoms with Gasteiger partial charge in [0.1, 0.15) is 12.4 Å². The lowest BCUT2D eigenvalue weighted by Gasteiger charge is -2.06. The smallest absolute Gasteiger partial charge is 0.119 e. The van der Waals surface area contributed by atoms with E-state index in [1.54, 1.807) is 0 Å². The van der Waals surface area contributed by atoms with Crippen LogP contribution in [0.25, 0.3) is 0 Å². The molecular formula is C17H19NO. The Bertz CT molecular complexity index is 526. The van der Waals surface area contributed by atoms with Gasteiger partial charge in [-0.15, -0.1) is 0 Å². The average molecular weight is 253 g/mol. The Labute approximate surface area is 114 Å². The van der Waals surface area contributed by atoms with Crippen molar-refractivity contribution in [3.05, 3.63) is 65.2 Å². The molecule has 2 nitrogen and oxygen atoms in total. The first-order chi connectivity index (χ1) is 9.28. The summed E-state index contributed by atoms with van der Waals surface area (Å²) in [6.45, 7) is 5.52. The monoisotopic (exact) mass is 253 g/mol. The van der Waals surface area contributed by atoms with E-state index in [-0.39, 0.29) is 0 Å². The molecule has 0 aliphatic rings. The van der Waals surface area contributed by atoms with Crippen molar-refractivity contribution in [2.45, 2.75) is 20.5 Å². The van der Waals surface area contributed by atoms with Crippen LogP contribution in [0.3, 0.4) is 0 Å². The minimum atomic E-state index is 0.600. The highest BCUT2D eigenvalue weighted by Crippen LogP contribution is 2.14. The van der Waals surface area contributed by atoms with Crippen LogP contribution in [-0.4, -0.2) is 12.8 Å². The molecule has 0 bridgehead atoms. The summed E-state index contributed by atoms with van der Waals surface area (Å²) in [4.78, 5) is 4.21. The molecule has 2 aromatic rings. The molecule has 0 amide bonds. The van der Waals surface area contributed by atoms with E-state index in [0.29, 0.717) is 6.61 Å². The summed E-state index contributed by atoms with van der Waals surface area (Å²) in [6, 6.07) is 16.4. The third kappa shape index (κ3) is 4.25. The van der Waals surface area contributed by atoms with Crippen LogP contribution >= 0.6 is 0 Å². The van der Waals surface area contributed by atoms with E-state index in [2.05, 4.69) is 36.2 Å². The van der Waals surface area contributed by atoms with Crippen molar-refractivity contribution in [2.24, 2.45) is 4.99 Å². The molecule has 2 aromatic carbocycles. The predicted octanol–water partition coefficient (Wildman–Crippen LogP) is 4.01. The minimum absolute atomic E-state index is 0.600. The van der Waals surface area contributed by atoms with E-state index < -0.39 is 0 Å². The summed E-state index contributed by atoms with van der Waals surface area (Å²) in [5.74, 6) is 0.884. The zero-order valence-corrected chi connectivity index (χ0v) is 11.5. The maximum atomic E-state index is 5.75. The van der Waals surface area contributed by atoms with Gasteiger partial charge in [-0.2, -0.15) is 0 Å². The maximum Gasteiger partial charge on any atom is 0.119 e. The zero-order valence-electron chi connectivity index (χ0n) is 11.5. The molecule has 0 unspecified atom stereocenters. The second-order valence-electron chi connectivity index (χ2n) is 4.47. The maximum absolute atomic E-state index is 5.75. The predicted molar refractivity (Wildman–Crippen MR) is 80.1 cm³/mol. The molecule has 0 fully saturated rings. The normalized spacial score (nSPS) is 10.8. The largest absolute Gasteiger partial charge is 0.489 e. The fourth-order valence-corrected chi connectivity index (χ4v) is 1.70. The molecule has 98 valence electrons. The quantitative estimate of drug-likeness (QED) is 0.738. The Hall–Kier alpha value is -2.09. The van der Waals surface area contributed by atoms with Gasteiger partial charge in [-0.25, -0.2) is 0 Å². The summed E-state index contributed by atoms with van der Waals surface area (Å²) >= 11 is 0. The SMILES string of the molecule is CCN=Cc1ccc(OCc2ccc(C)cc2)cc1. The van der Waals surface area contributed by atoms with Crippen LogP contribution in [-0.2, 0) is 6.61 Å². The Morgan fingerprint density at radius 2 is 1.68 bits per heavy atom. The van der Waals surface area contributed by atoms with Gasteiger partial charge < -0.3 is 4.74 Å². The van der Waals surface area contributed by atoms with Gasteiger partial charge in [-0.3, -0.25) is 4.99 Å². The van der Waals surface area contributed by atoms with E-state index in [4.69, 9.17) is 4.74 Å². The highest BCUT2D eigenvalue weighted by Gasteiger charge is 1.96. The summed E-state index contributed by atoms with van der Waals surface area (Å²) in [7, 11) is 0. The summed E-state index contributed by atoms with van der Waals surface area (Å²) < 4.78 is 5.75. The van der Waals surface area contributed by atoms with Crippen molar-refractivity contribution in [2.75, 3.05) is 6.54 Å². The summed E-state index contributed by atoms with van der Waals surface area (Å²) in [6.07, 6.45) is 1.88. The van der Waals surface area contributed by atoms with Crippen molar-refractivity contribution in [3.63, 3.8) is 0 Å². The number of nitrogens with zero attached hydrogens (tertiary/aromatic N) is 1. The van der Waals surface area contributed by atoms with Crippen molar-refractivity contribution in [3.8, 4) is 5.75 Å². The van der Waals surface area contributed by atoms with Gasteiger partial charge in [0.15, 0.2) is 0 Å². The number of benzene rings is 2. The Morgan fingerprint density at radius 3 is 2.32 bits per heavy atom. The van der Waals surface area contributed by atoms with Gasteiger partial charge in [0.2, 0.25) is 0 Å². The summed E-state index contributed by atoms with van der Waals surface area (Å²) in [5.41, 5.74) is 3.55. The number of hydrogen-bond donors (Lipinski definition) is 0. The van der Waals surface area contributed by atoms with Crippen LogP contribution in [0, 0.1) is 6.92 Å². The first kappa shape index (κ1) is 13.3. The molecular weight excluding hydrogens is 234 g/mol. The molecule has 0 spiro atoms. The zero-order chi connectivity index (χ0) is 13.5. The topological polar surface area (TPSA) is 21.6 Å². The van der Waals surface area contributed by atoms with E-state index >= 15 is 0 Å². The van der Waals surface area contributed by atoms with Gasteiger partial charge in [0.25, 0.3) is 0 Å². The number of hydrogen-bond acceptors (Lipinski definition) is 2. The van der Waals surface area contributed by atoms with Gasteiger partial charge in [-0.1, -0.05) is 29.8 Å². The third-order valence-corrected chi connectivity index (χ3v) is 2.83. The number of ether oxygens (including phenoxy) is 1. The average Bonchev–Trinajstić information content (AvgIpc) is 2.46. The van der Waals surface area contributed by atoms with Crippen LogP contribution < -0.4 is 4.74 Å². The molecule has 0 heterocycles. The molecule has 0 saturated heterocycles. The molecule has 0 N–H and O–H groups in total. The lowest BCUT2D eigenvalue weighted by Crippen LogP contribution is -1.95. The fourth-order valence-electron chi connectivity index (χ4n) is 1.70. The molecule has 0 aromatic heterocycles. The molecule has 19 heavy (non-hydrogen) atoms. The Morgan fingerprint density at radius 1 is 1.00 bits per heavy atom. The third-order valence-electron chi connectivity index (χ3n) is 2.83. The lowest BCUT2D eigenvalue weighted by atomic mass is 10.2. The fraction of sp³-hybridized carbons (Fsp3) is 0.235. The van der Waals surface area contributed by atoms with Gasteiger partial charge in [0.05, 0.1) is 0 Å². The van der Waals surface area contributed by atoms with E-state index in [1.807, 2.05) is 37.4 Å².